The Morgan fingerprint density at radius 2 is 1.00 bits per heavy atom. The summed E-state index contributed by atoms with van der Waals surface area (Å²) in [5.41, 5.74) is -3.31. The minimum absolute atomic E-state index is 0.00693. The van der Waals surface area contributed by atoms with Crippen LogP contribution in [0.3, 0.4) is 0 Å². The predicted molar refractivity (Wildman–Crippen MR) is 165 cm³/mol. The summed E-state index contributed by atoms with van der Waals surface area (Å²) in [6.45, 7) is 0. The first-order chi connectivity index (χ1) is 28.1. The highest BCUT2D eigenvalue weighted by molar-refractivity contribution is 6.25. The lowest BCUT2D eigenvalue weighted by Crippen LogP contribution is -1.91. The molecule has 182 valence electrons. The molecular formula is C38H24O. The second kappa shape index (κ2) is 8.72. The highest BCUT2D eigenvalue weighted by Gasteiger charge is 2.20. The molecule has 0 fully saturated rings. The lowest BCUT2D eigenvalue weighted by Gasteiger charge is -2.18. The van der Waals surface area contributed by atoms with Crippen LogP contribution in [0, 0.1) is 0 Å². The van der Waals surface area contributed by atoms with Crippen molar-refractivity contribution >= 4 is 43.5 Å². The molecule has 0 N–H and O–H groups in total. The van der Waals surface area contributed by atoms with E-state index in [9.17, 15) is 8.22 Å². The van der Waals surface area contributed by atoms with Crippen LogP contribution < -0.4 is 0 Å². The molecule has 0 spiro atoms. The Hall–Kier alpha value is -5.14. The standard InChI is InChI=1S/C38H24O/c1-2-12-25(13-3-1)26-14-10-15-27(24-26)36-28-16-4-6-18-30(28)37(31-19-7-5-17-29(31)36)33-21-11-23-35-38(33)32-20-8-9-22-34(32)39-35/h1-24H/i1D,2D,3D,4D,5D,6D,7D,8D,9D,10D,12D,13D,14D,15D,16D,17D,18D,19D,20D,22D,24D. The summed E-state index contributed by atoms with van der Waals surface area (Å²) >= 11 is 0. The number of hydrogen-bond acceptors (Lipinski definition) is 1. The van der Waals surface area contributed by atoms with Gasteiger partial charge in [0, 0.05) is 10.8 Å². The van der Waals surface area contributed by atoms with Crippen molar-refractivity contribution in [3.05, 3.63) is 145 Å². The van der Waals surface area contributed by atoms with Gasteiger partial charge in [0.15, 0.2) is 0 Å². The van der Waals surface area contributed by atoms with E-state index in [0.717, 1.165) is 0 Å². The number of hydrogen-bond donors (Lipinski definition) is 0. The Bertz CT molecular complexity index is 3220. The van der Waals surface area contributed by atoms with E-state index in [-0.39, 0.29) is 33.1 Å². The number of para-hydroxylation sites is 1. The molecule has 0 amide bonds. The van der Waals surface area contributed by atoms with Crippen LogP contribution >= 0.6 is 0 Å². The quantitative estimate of drug-likeness (QED) is 0.212. The van der Waals surface area contributed by atoms with Crippen molar-refractivity contribution in [3.8, 4) is 33.4 Å². The summed E-state index contributed by atoms with van der Waals surface area (Å²) in [4.78, 5) is 0. The molecule has 0 radical (unpaired) electrons. The maximum atomic E-state index is 9.53. The van der Waals surface area contributed by atoms with Crippen molar-refractivity contribution in [3.63, 3.8) is 0 Å². The van der Waals surface area contributed by atoms with Crippen molar-refractivity contribution in [2.45, 2.75) is 0 Å². The van der Waals surface area contributed by atoms with Gasteiger partial charge in [-0.2, -0.15) is 0 Å². The van der Waals surface area contributed by atoms with Crippen LogP contribution in [0.15, 0.2) is 150 Å². The zero-order chi connectivity index (χ0) is 44.0. The molecule has 0 bridgehead atoms. The molecule has 8 rings (SSSR count). The van der Waals surface area contributed by atoms with Gasteiger partial charge >= 0.3 is 0 Å². The smallest absolute Gasteiger partial charge is 0.136 e. The lowest BCUT2D eigenvalue weighted by molar-refractivity contribution is 0.669. The first-order valence-corrected chi connectivity index (χ1v) is 11.7. The summed E-state index contributed by atoms with van der Waals surface area (Å²) < 4.78 is 191. The minimum atomic E-state index is -0.946. The normalized spacial score (nSPS) is 19.1. The van der Waals surface area contributed by atoms with Crippen molar-refractivity contribution in [1.29, 1.82) is 0 Å². The molecule has 39 heavy (non-hydrogen) atoms. The molecule has 0 aliphatic carbocycles. The van der Waals surface area contributed by atoms with Crippen molar-refractivity contribution in [2.75, 3.05) is 0 Å². The molecule has 1 nitrogen and oxygen atoms in total. The second-order valence-electron chi connectivity index (χ2n) is 8.48. The van der Waals surface area contributed by atoms with E-state index in [2.05, 4.69) is 0 Å². The molecule has 8 aromatic rings. The highest BCUT2D eigenvalue weighted by atomic mass is 16.3. The van der Waals surface area contributed by atoms with Crippen LogP contribution in [0.4, 0.5) is 0 Å². The van der Waals surface area contributed by atoms with E-state index in [4.69, 9.17) is 25.0 Å². The molecule has 0 atom stereocenters. The van der Waals surface area contributed by atoms with Crippen molar-refractivity contribution in [2.24, 2.45) is 0 Å². The number of benzene rings is 7. The van der Waals surface area contributed by atoms with Gasteiger partial charge in [0.05, 0.1) is 28.8 Å². The zero-order valence-corrected chi connectivity index (χ0v) is 19.6. The molecule has 0 saturated carbocycles. The van der Waals surface area contributed by atoms with E-state index < -0.39 is 171 Å². The van der Waals surface area contributed by atoms with Gasteiger partial charge in [-0.15, -0.1) is 0 Å². The minimum Gasteiger partial charge on any atom is -0.456 e. The summed E-state index contributed by atoms with van der Waals surface area (Å²) in [6.07, 6.45) is 0. The molecule has 0 unspecified atom stereocenters. The third-order valence-corrected chi connectivity index (χ3v) is 6.41. The highest BCUT2D eigenvalue weighted by Crippen LogP contribution is 2.47. The van der Waals surface area contributed by atoms with Crippen LogP contribution in [0.1, 0.15) is 28.8 Å². The van der Waals surface area contributed by atoms with Gasteiger partial charge in [0.2, 0.25) is 0 Å². The van der Waals surface area contributed by atoms with Gasteiger partial charge in [-0.1, -0.05) is 127 Å². The maximum Gasteiger partial charge on any atom is 0.136 e. The lowest BCUT2D eigenvalue weighted by atomic mass is 9.84. The number of rotatable bonds is 3. The molecule has 0 saturated heterocycles. The third kappa shape index (κ3) is 3.41. The SMILES string of the molecule is [2H]c1c([2H])c([2H])c(-c2c([2H])c([2H])c([2H])c(-c3c4c([2H])c([2H])c([2H])c([2H])c4c(-c4cccc5oc6c([2H])c([2H])c([2H])c([2H])c6c45)c4c([2H])c([2H])c([2H])c([2H])c34)c2[2H])c([2H])c1[2H]. The van der Waals surface area contributed by atoms with Crippen molar-refractivity contribution < 1.29 is 33.2 Å². The van der Waals surface area contributed by atoms with Crippen LogP contribution in [-0.2, 0) is 0 Å². The van der Waals surface area contributed by atoms with Gasteiger partial charge in [-0.3, -0.25) is 0 Å². The number of fused-ring (bicyclic) bond motifs is 5. The Balaban J connectivity index is 1.73. The summed E-state index contributed by atoms with van der Waals surface area (Å²) in [5.74, 6) is 0. The third-order valence-electron chi connectivity index (χ3n) is 6.41. The average molecular weight is 518 g/mol. The van der Waals surface area contributed by atoms with E-state index in [1.807, 2.05) is 0 Å². The molecule has 7 aromatic carbocycles. The fourth-order valence-electron chi connectivity index (χ4n) is 4.86. The average Bonchev–Trinajstić information content (AvgIpc) is 3.63. The van der Waals surface area contributed by atoms with E-state index in [0.29, 0.717) is 0 Å². The summed E-state index contributed by atoms with van der Waals surface area (Å²) in [6, 6.07) is -12.5. The van der Waals surface area contributed by atoms with Gasteiger partial charge in [-0.05, 0) is 73.1 Å². The van der Waals surface area contributed by atoms with Crippen LogP contribution in [0.5, 0.6) is 0 Å². The fourth-order valence-corrected chi connectivity index (χ4v) is 4.86. The first-order valence-electron chi connectivity index (χ1n) is 22.2. The summed E-state index contributed by atoms with van der Waals surface area (Å²) in [7, 11) is 0. The van der Waals surface area contributed by atoms with E-state index in [1.54, 1.807) is 0 Å². The molecular weight excluding hydrogens is 472 g/mol. The molecule has 1 heteroatoms. The van der Waals surface area contributed by atoms with Crippen molar-refractivity contribution in [1.82, 2.24) is 0 Å². The fraction of sp³-hybridized carbons (Fsp3) is 0. The zero-order valence-electron chi connectivity index (χ0n) is 40.6. The van der Waals surface area contributed by atoms with Gasteiger partial charge in [0.1, 0.15) is 11.2 Å². The Morgan fingerprint density at radius 3 is 1.72 bits per heavy atom. The van der Waals surface area contributed by atoms with Crippen LogP contribution in [0.2, 0.25) is 0 Å². The second-order valence-corrected chi connectivity index (χ2v) is 8.48. The van der Waals surface area contributed by atoms with E-state index in [1.165, 1.54) is 18.2 Å². The Morgan fingerprint density at radius 1 is 0.436 bits per heavy atom. The molecule has 1 heterocycles. The summed E-state index contributed by atoms with van der Waals surface area (Å²) in [5, 5.41) is -2.05. The molecule has 0 aliphatic heterocycles. The van der Waals surface area contributed by atoms with Crippen LogP contribution in [-0.4, -0.2) is 0 Å². The Labute approximate surface area is 256 Å². The van der Waals surface area contributed by atoms with Gasteiger partial charge < -0.3 is 4.42 Å². The van der Waals surface area contributed by atoms with Gasteiger partial charge in [0.25, 0.3) is 0 Å². The molecule has 0 aliphatic rings. The maximum absolute atomic E-state index is 9.53. The molecule has 1 aromatic heterocycles. The monoisotopic (exact) mass is 517 g/mol. The van der Waals surface area contributed by atoms with Gasteiger partial charge in [-0.25, -0.2) is 0 Å². The Kier molecular flexibility index (Phi) is 2.14. The topological polar surface area (TPSA) is 13.1 Å². The predicted octanol–water partition coefficient (Wildman–Crippen LogP) is 10.9. The van der Waals surface area contributed by atoms with E-state index >= 15 is 0 Å². The van der Waals surface area contributed by atoms with Crippen LogP contribution in [0.25, 0.3) is 76.9 Å². The number of furan rings is 1. The largest absolute Gasteiger partial charge is 0.456 e. The first kappa shape index (κ1) is 9.55.